The van der Waals surface area contributed by atoms with Gasteiger partial charge in [-0.15, -0.1) is 0 Å². The van der Waals surface area contributed by atoms with Gasteiger partial charge in [0.25, 0.3) is 0 Å². The van der Waals surface area contributed by atoms with Crippen molar-refractivity contribution in [1.29, 1.82) is 0 Å². The van der Waals surface area contributed by atoms with Crippen molar-refractivity contribution in [1.82, 2.24) is 15.0 Å². The maximum Gasteiger partial charge on any atom is 0.239 e. The van der Waals surface area contributed by atoms with E-state index in [4.69, 9.17) is 0 Å². The molecule has 2 unspecified atom stereocenters. The van der Waals surface area contributed by atoms with E-state index < -0.39 is 11.3 Å². The third-order valence-corrected chi connectivity index (χ3v) is 6.25. The third-order valence-electron chi connectivity index (χ3n) is 6.25. The summed E-state index contributed by atoms with van der Waals surface area (Å²) in [7, 11) is 0. The Labute approximate surface area is 164 Å². The third kappa shape index (κ3) is 4.22. The molecule has 0 bridgehead atoms. The van der Waals surface area contributed by atoms with Crippen molar-refractivity contribution in [2.45, 2.75) is 58.3 Å². The Morgan fingerprint density at radius 2 is 2.11 bits per heavy atom. The molecule has 2 amide bonds. The highest BCUT2D eigenvalue weighted by atomic mass is 16.5. The number of aromatic nitrogens is 2. The quantitative estimate of drug-likeness (QED) is 0.276. The van der Waals surface area contributed by atoms with Gasteiger partial charge in [0.1, 0.15) is 17.6 Å². The van der Waals surface area contributed by atoms with Crippen LogP contribution in [0, 0.1) is 16.7 Å². The zero-order valence-corrected chi connectivity index (χ0v) is 16.3. The summed E-state index contributed by atoms with van der Waals surface area (Å²) in [6, 6.07) is 1.59. The van der Waals surface area contributed by atoms with Crippen LogP contribution in [-0.2, 0) is 14.4 Å². The Morgan fingerprint density at radius 3 is 2.68 bits per heavy atom. The van der Waals surface area contributed by atoms with Gasteiger partial charge in [0, 0.05) is 12.1 Å². The molecule has 0 saturated heterocycles. The lowest BCUT2D eigenvalue weighted by Gasteiger charge is -2.31. The summed E-state index contributed by atoms with van der Waals surface area (Å²) in [5.74, 6) is -0.708. The lowest BCUT2D eigenvalue weighted by atomic mass is 9.73. The molecule has 2 aliphatic rings. The average Bonchev–Trinajstić information content (AvgIpc) is 3.35. The second kappa shape index (κ2) is 8.34. The molecule has 0 aromatic carbocycles. The van der Waals surface area contributed by atoms with Crippen LogP contribution in [0.15, 0.2) is 18.6 Å². The van der Waals surface area contributed by atoms with E-state index in [1.54, 1.807) is 6.07 Å². The number of Topliss-reactive ketones (excluding diaryl/α,β-unsaturated/α-hetero) is 1. The van der Waals surface area contributed by atoms with Crippen molar-refractivity contribution in [2.75, 3.05) is 11.9 Å². The highest BCUT2D eigenvalue weighted by molar-refractivity contribution is 6.12. The van der Waals surface area contributed by atoms with Crippen molar-refractivity contribution >= 4 is 23.9 Å². The molecule has 0 radical (unpaired) electrons. The van der Waals surface area contributed by atoms with E-state index in [0.717, 1.165) is 32.1 Å². The van der Waals surface area contributed by atoms with Crippen LogP contribution >= 0.6 is 0 Å². The second-order valence-corrected chi connectivity index (χ2v) is 8.24. The molecule has 3 rings (SSSR count). The van der Waals surface area contributed by atoms with Gasteiger partial charge >= 0.3 is 0 Å². The normalized spacial score (nSPS) is 23.2. The first-order chi connectivity index (χ1) is 13.4. The van der Waals surface area contributed by atoms with Gasteiger partial charge in [-0.3, -0.25) is 19.6 Å². The van der Waals surface area contributed by atoms with Gasteiger partial charge in [-0.1, -0.05) is 19.8 Å². The van der Waals surface area contributed by atoms with Gasteiger partial charge in [-0.05, 0) is 50.0 Å². The van der Waals surface area contributed by atoms with Gasteiger partial charge in [-0.25, -0.2) is 15.0 Å². The van der Waals surface area contributed by atoms with Crippen molar-refractivity contribution in [2.24, 2.45) is 16.7 Å². The van der Waals surface area contributed by atoms with Crippen LogP contribution in [-0.4, -0.2) is 44.9 Å². The van der Waals surface area contributed by atoms with Crippen molar-refractivity contribution < 1.29 is 19.6 Å². The molecule has 1 spiro atoms. The van der Waals surface area contributed by atoms with Crippen LogP contribution in [0.4, 0.5) is 5.82 Å². The topological polar surface area (TPSA) is 112 Å². The van der Waals surface area contributed by atoms with Crippen LogP contribution in [0.5, 0.6) is 0 Å². The Morgan fingerprint density at radius 1 is 1.36 bits per heavy atom. The summed E-state index contributed by atoms with van der Waals surface area (Å²) in [5.41, 5.74) is -1.04. The fourth-order valence-corrected chi connectivity index (χ4v) is 4.43. The number of rotatable bonds is 10. The summed E-state index contributed by atoms with van der Waals surface area (Å²) in [6.07, 6.45) is 9.37. The lowest BCUT2D eigenvalue weighted by Crippen LogP contribution is -2.47. The molecular weight excluding hydrogens is 360 g/mol. The summed E-state index contributed by atoms with van der Waals surface area (Å²) >= 11 is 0. The smallest absolute Gasteiger partial charge is 0.239 e. The molecule has 2 atom stereocenters. The highest BCUT2D eigenvalue weighted by Crippen LogP contribution is 2.64. The van der Waals surface area contributed by atoms with E-state index in [9.17, 15) is 19.6 Å². The van der Waals surface area contributed by atoms with Gasteiger partial charge in [-0.2, -0.15) is 0 Å². The first-order valence-corrected chi connectivity index (χ1v) is 9.97. The molecule has 1 aromatic heterocycles. The zero-order chi connectivity index (χ0) is 20.2. The van der Waals surface area contributed by atoms with E-state index in [1.807, 2.05) is 6.92 Å². The minimum absolute atomic E-state index is 0.0854. The number of nitrogens with zero attached hydrogens (tertiary/aromatic N) is 3. The minimum Gasteiger partial charge on any atom is -0.310 e. The van der Waals surface area contributed by atoms with Crippen LogP contribution in [0.2, 0.25) is 0 Å². The number of anilines is 1. The lowest BCUT2D eigenvalue weighted by molar-refractivity contribution is -0.157. The van der Waals surface area contributed by atoms with Crippen LogP contribution in [0.1, 0.15) is 58.3 Å². The number of hydrogen-bond acceptors (Lipinski definition) is 6. The number of carbonyl (C=O) groups excluding carboxylic acids is 3. The molecule has 2 N–H and O–H groups in total. The fourth-order valence-electron chi connectivity index (χ4n) is 4.43. The Balaban J connectivity index is 1.85. The summed E-state index contributed by atoms with van der Waals surface area (Å²) in [5, 5.41) is 13.0. The van der Waals surface area contributed by atoms with Gasteiger partial charge in [0.2, 0.25) is 12.3 Å². The Hall–Kier alpha value is -2.35. The van der Waals surface area contributed by atoms with E-state index in [1.165, 1.54) is 12.5 Å². The van der Waals surface area contributed by atoms with E-state index >= 15 is 0 Å². The van der Waals surface area contributed by atoms with E-state index in [0.29, 0.717) is 36.6 Å². The largest absolute Gasteiger partial charge is 0.310 e. The summed E-state index contributed by atoms with van der Waals surface area (Å²) < 4.78 is 0. The number of carbonyl (C=O) groups is 3. The summed E-state index contributed by atoms with van der Waals surface area (Å²) in [4.78, 5) is 45.7. The first kappa shape index (κ1) is 20.4. The van der Waals surface area contributed by atoms with Gasteiger partial charge in [0.05, 0.1) is 6.54 Å². The molecule has 2 saturated carbocycles. The van der Waals surface area contributed by atoms with Crippen LogP contribution in [0.3, 0.4) is 0 Å². The molecular formula is C20H28N4O4. The average molecular weight is 388 g/mol. The molecule has 8 heteroatoms. The molecule has 0 aliphatic heterocycles. The van der Waals surface area contributed by atoms with Crippen LogP contribution < -0.4 is 5.32 Å². The number of ketones is 1. The molecule has 28 heavy (non-hydrogen) atoms. The first-order valence-electron chi connectivity index (χ1n) is 9.97. The van der Waals surface area contributed by atoms with Gasteiger partial charge in [0.15, 0.2) is 5.78 Å². The van der Waals surface area contributed by atoms with Crippen molar-refractivity contribution in [3.05, 3.63) is 18.6 Å². The van der Waals surface area contributed by atoms with Crippen LogP contribution in [0.25, 0.3) is 0 Å². The predicted molar refractivity (Wildman–Crippen MR) is 101 cm³/mol. The maximum atomic E-state index is 13.6. The molecule has 2 aliphatic carbocycles. The van der Waals surface area contributed by atoms with E-state index in [-0.39, 0.29) is 23.7 Å². The van der Waals surface area contributed by atoms with E-state index in [2.05, 4.69) is 15.3 Å². The second-order valence-electron chi connectivity index (χ2n) is 8.24. The molecule has 152 valence electrons. The molecule has 8 nitrogen and oxygen atoms in total. The van der Waals surface area contributed by atoms with Crippen molar-refractivity contribution in [3.8, 4) is 0 Å². The van der Waals surface area contributed by atoms with Gasteiger partial charge < -0.3 is 5.32 Å². The predicted octanol–water partition coefficient (Wildman–Crippen LogP) is 2.59. The monoisotopic (exact) mass is 388 g/mol. The van der Waals surface area contributed by atoms with Crippen molar-refractivity contribution in [3.63, 3.8) is 0 Å². The number of unbranched alkanes of at least 4 members (excludes halogenated alkanes) is 1. The molecule has 2 fully saturated rings. The molecule has 1 aromatic rings. The number of nitrogens with one attached hydrogen (secondary N) is 1. The molecule has 1 heterocycles. The maximum absolute atomic E-state index is 13.6. The minimum atomic E-state index is -1.14. The fraction of sp³-hybridized carbons (Fsp3) is 0.650. The Bertz CT molecular complexity index is 722. The standard InChI is InChI=1S/C20H28N4O4/c1-2-3-4-15(11-24(28)14-25)17(26)20(9-8-19(12-20)6-7-19)18(27)23-16-5-10-21-13-22-16/h5,10,13-15,28H,2-4,6-9,11-12H2,1H3,(H,21,22,23,27). The highest BCUT2D eigenvalue weighted by Gasteiger charge is 2.61. The Kier molecular flexibility index (Phi) is 6.07. The summed E-state index contributed by atoms with van der Waals surface area (Å²) in [6.45, 7) is 1.93. The zero-order valence-electron chi connectivity index (χ0n) is 16.3. The number of hydrogen-bond donors (Lipinski definition) is 2. The SMILES string of the molecule is CCCCC(CN(O)C=O)C(=O)C1(C(=O)Nc2ccncn2)CCC2(CC2)C1. The number of amides is 2. The number of hydroxylamine groups is 2.